The Balaban J connectivity index is 1.82. The molecule has 0 radical (unpaired) electrons. The third-order valence-electron chi connectivity index (χ3n) is 3.65. The maximum Gasteiger partial charge on any atom is 0.114 e. The van der Waals surface area contributed by atoms with Crippen LogP contribution in [0, 0.1) is 0 Å². The molecule has 0 unspecified atom stereocenters. The van der Waals surface area contributed by atoms with Gasteiger partial charge in [0.05, 0.1) is 11.9 Å². The predicted molar refractivity (Wildman–Crippen MR) is 89.3 cm³/mol. The Kier molecular flexibility index (Phi) is 3.13. The van der Waals surface area contributed by atoms with Gasteiger partial charge >= 0.3 is 0 Å². The summed E-state index contributed by atoms with van der Waals surface area (Å²) in [6, 6.07) is 22.0. The number of hydrogen-bond acceptors (Lipinski definition) is 2. The molecule has 0 amide bonds. The van der Waals surface area contributed by atoms with E-state index in [0.29, 0.717) is 5.02 Å². The van der Waals surface area contributed by atoms with Crippen LogP contribution in [0.3, 0.4) is 0 Å². The minimum atomic E-state index is 0.707. The Hall–Kier alpha value is -2.65. The summed E-state index contributed by atoms with van der Waals surface area (Å²) in [7, 11) is 0. The van der Waals surface area contributed by atoms with Crippen LogP contribution in [-0.4, -0.2) is 15.0 Å². The zero-order valence-corrected chi connectivity index (χ0v) is 12.4. The smallest absolute Gasteiger partial charge is 0.114 e. The van der Waals surface area contributed by atoms with Crippen LogP contribution in [0.5, 0.6) is 0 Å². The second-order valence-corrected chi connectivity index (χ2v) is 5.49. The van der Waals surface area contributed by atoms with E-state index in [-0.39, 0.29) is 0 Å². The van der Waals surface area contributed by atoms with Gasteiger partial charge in [-0.05, 0) is 35.0 Å². The summed E-state index contributed by atoms with van der Waals surface area (Å²) >= 11 is 5.92. The first-order chi connectivity index (χ1) is 10.8. The summed E-state index contributed by atoms with van der Waals surface area (Å²) in [5.74, 6) is 0. The predicted octanol–water partition coefficient (Wildman–Crippen LogP) is 4.74. The van der Waals surface area contributed by atoms with Crippen molar-refractivity contribution in [1.29, 1.82) is 0 Å². The van der Waals surface area contributed by atoms with Crippen molar-refractivity contribution in [3.63, 3.8) is 0 Å². The minimum Gasteiger partial charge on any atom is -0.220 e. The molecule has 0 saturated heterocycles. The lowest BCUT2D eigenvalue weighted by molar-refractivity contribution is 0.804. The molecule has 0 spiro atoms. The monoisotopic (exact) mass is 305 g/mol. The largest absolute Gasteiger partial charge is 0.220 e. The van der Waals surface area contributed by atoms with Crippen molar-refractivity contribution in [2.45, 2.75) is 0 Å². The Morgan fingerprint density at radius 3 is 2.45 bits per heavy atom. The SMILES string of the molecule is Clc1ccc(-n2cc(-c3cccc4ccccc34)nn2)cc1. The maximum absolute atomic E-state index is 5.92. The third kappa shape index (κ3) is 2.26. The first-order valence-electron chi connectivity index (χ1n) is 6.98. The quantitative estimate of drug-likeness (QED) is 0.535. The average molecular weight is 306 g/mol. The van der Waals surface area contributed by atoms with Crippen LogP contribution < -0.4 is 0 Å². The molecule has 0 N–H and O–H groups in total. The van der Waals surface area contributed by atoms with E-state index in [0.717, 1.165) is 16.9 Å². The van der Waals surface area contributed by atoms with Crippen LogP contribution in [0.1, 0.15) is 0 Å². The summed E-state index contributed by atoms with van der Waals surface area (Å²) in [6.07, 6.45) is 1.94. The fourth-order valence-corrected chi connectivity index (χ4v) is 2.68. The second-order valence-electron chi connectivity index (χ2n) is 5.05. The van der Waals surface area contributed by atoms with Gasteiger partial charge in [0.2, 0.25) is 0 Å². The summed E-state index contributed by atoms with van der Waals surface area (Å²) in [6.45, 7) is 0. The number of rotatable bonds is 2. The molecule has 106 valence electrons. The first kappa shape index (κ1) is 13.0. The molecule has 0 aliphatic heterocycles. The number of halogens is 1. The van der Waals surface area contributed by atoms with Crippen LogP contribution in [0.2, 0.25) is 5.02 Å². The summed E-state index contributed by atoms with van der Waals surface area (Å²) < 4.78 is 1.76. The number of nitrogens with zero attached hydrogens (tertiary/aromatic N) is 3. The highest BCUT2D eigenvalue weighted by Crippen LogP contribution is 2.27. The van der Waals surface area contributed by atoms with Gasteiger partial charge < -0.3 is 0 Å². The number of aromatic nitrogens is 3. The van der Waals surface area contributed by atoms with Crippen molar-refractivity contribution in [3.05, 3.63) is 77.9 Å². The van der Waals surface area contributed by atoms with Crippen LogP contribution in [0.4, 0.5) is 0 Å². The van der Waals surface area contributed by atoms with Crippen molar-refractivity contribution >= 4 is 22.4 Å². The number of benzene rings is 3. The van der Waals surface area contributed by atoms with Crippen molar-refractivity contribution in [3.8, 4) is 16.9 Å². The fourth-order valence-electron chi connectivity index (χ4n) is 2.56. The molecule has 0 atom stereocenters. The van der Waals surface area contributed by atoms with E-state index in [4.69, 9.17) is 11.6 Å². The summed E-state index contributed by atoms with van der Waals surface area (Å²) in [5.41, 5.74) is 2.87. The molecular weight excluding hydrogens is 294 g/mol. The van der Waals surface area contributed by atoms with E-state index in [1.165, 1.54) is 10.8 Å². The minimum absolute atomic E-state index is 0.707. The highest BCUT2D eigenvalue weighted by atomic mass is 35.5. The van der Waals surface area contributed by atoms with E-state index in [9.17, 15) is 0 Å². The highest BCUT2D eigenvalue weighted by molar-refractivity contribution is 6.30. The molecule has 4 rings (SSSR count). The summed E-state index contributed by atoms with van der Waals surface area (Å²) in [5, 5.41) is 11.6. The van der Waals surface area contributed by atoms with E-state index < -0.39 is 0 Å². The van der Waals surface area contributed by atoms with Gasteiger partial charge in [-0.2, -0.15) is 0 Å². The number of fused-ring (bicyclic) bond motifs is 1. The van der Waals surface area contributed by atoms with E-state index in [1.54, 1.807) is 4.68 Å². The number of hydrogen-bond donors (Lipinski definition) is 0. The van der Waals surface area contributed by atoms with Crippen molar-refractivity contribution in [1.82, 2.24) is 15.0 Å². The highest BCUT2D eigenvalue weighted by Gasteiger charge is 2.08. The molecule has 3 aromatic carbocycles. The van der Waals surface area contributed by atoms with Gasteiger partial charge in [-0.3, -0.25) is 0 Å². The lowest BCUT2D eigenvalue weighted by Crippen LogP contribution is -1.93. The summed E-state index contributed by atoms with van der Waals surface area (Å²) in [4.78, 5) is 0. The molecule has 22 heavy (non-hydrogen) atoms. The van der Waals surface area contributed by atoms with Crippen LogP contribution >= 0.6 is 11.6 Å². The lowest BCUT2D eigenvalue weighted by atomic mass is 10.0. The molecule has 0 aliphatic carbocycles. The van der Waals surface area contributed by atoms with E-state index >= 15 is 0 Å². The molecule has 1 aromatic heterocycles. The van der Waals surface area contributed by atoms with Crippen molar-refractivity contribution in [2.75, 3.05) is 0 Å². The standard InChI is InChI=1S/C18H12ClN3/c19-14-8-10-15(11-9-14)22-12-18(20-21-22)17-7-3-5-13-4-1-2-6-16(13)17/h1-12H. The van der Waals surface area contributed by atoms with Gasteiger partial charge in [0.25, 0.3) is 0 Å². The third-order valence-corrected chi connectivity index (χ3v) is 3.90. The Morgan fingerprint density at radius 1 is 0.818 bits per heavy atom. The molecular formula is C18H12ClN3. The van der Waals surface area contributed by atoms with E-state index in [1.807, 2.05) is 48.7 Å². The van der Waals surface area contributed by atoms with Gasteiger partial charge in [0, 0.05) is 10.6 Å². The first-order valence-corrected chi connectivity index (χ1v) is 7.35. The van der Waals surface area contributed by atoms with Crippen molar-refractivity contribution < 1.29 is 0 Å². The maximum atomic E-state index is 5.92. The molecule has 0 aliphatic rings. The topological polar surface area (TPSA) is 30.7 Å². The molecule has 0 saturated carbocycles. The zero-order chi connectivity index (χ0) is 14.9. The van der Waals surface area contributed by atoms with Crippen molar-refractivity contribution in [2.24, 2.45) is 0 Å². The van der Waals surface area contributed by atoms with Gasteiger partial charge in [0.1, 0.15) is 5.69 Å². The lowest BCUT2D eigenvalue weighted by Gasteiger charge is -2.03. The average Bonchev–Trinajstić information content (AvgIpc) is 3.05. The van der Waals surface area contributed by atoms with E-state index in [2.05, 4.69) is 34.6 Å². The van der Waals surface area contributed by atoms with Gasteiger partial charge in [-0.1, -0.05) is 59.3 Å². The normalized spacial score (nSPS) is 11.0. The molecule has 1 heterocycles. The second kappa shape index (κ2) is 5.28. The Morgan fingerprint density at radius 2 is 1.59 bits per heavy atom. The van der Waals surface area contributed by atoms with Crippen LogP contribution in [0.15, 0.2) is 72.9 Å². The fraction of sp³-hybridized carbons (Fsp3) is 0. The van der Waals surface area contributed by atoms with Crippen LogP contribution in [0.25, 0.3) is 27.7 Å². The Labute approximate surface area is 132 Å². The molecule has 3 nitrogen and oxygen atoms in total. The van der Waals surface area contributed by atoms with Gasteiger partial charge in [-0.25, -0.2) is 4.68 Å². The molecule has 4 heteroatoms. The van der Waals surface area contributed by atoms with Gasteiger partial charge in [0.15, 0.2) is 0 Å². The van der Waals surface area contributed by atoms with Gasteiger partial charge in [-0.15, -0.1) is 5.10 Å². The molecule has 0 fully saturated rings. The Bertz CT molecular complexity index is 937. The molecule has 4 aromatic rings. The zero-order valence-electron chi connectivity index (χ0n) is 11.6. The molecule has 0 bridgehead atoms. The van der Waals surface area contributed by atoms with Crippen LogP contribution in [-0.2, 0) is 0 Å².